The molecule has 4 rings (SSSR count). The minimum Gasteiger partial charge on any atom is -0.345 e. The maximum Gasteiger partial charge on any atom is 0.262 e. The van der Waals surface area contributed by atoms with Crippen molar-refractivity contribution in [1.82, 2.24) is 9.88 Å². The number of carbonyl (C=O) groups excluding carboxylic acids is 1. The number of nitrogens with zero attached hydrogens (tertiary/aromatic N) is 2. The topological polar surface area (TPSA) is 57.8 Å². The highest BCUT2D eigenvalue weighted by Gasteiger charge is 2.18. The molecule has 0 aliphatic heterocycles. The summed E-state index contributed by atoms with van der Waals surface area (Å²) in [6.07, 6.45) is 1.67. The number of para-hydroxylation sites is 1. The molecule has 0 saturated carbocycles. The number of nitriles is 1. The lowest BCUT2D eigenvalue weighted by Gasteiger charge is -2.14. The van der Waals surface area contributed by atoms with Crippen LogP contribution in [0.15, 0.2) is 78.4 Å². The van der Waals surface area contributed by atoms with Crippen LogP contribution in [0.1, 0.15) is 35.3 Å². The maximum atomic E-state index is 12.9. The lowest BCUT2D eigenvalue weighted by atomic mass is 10.1. The molecule has 0 radical (unpaired) electrons. The largest absolute Gasteiger partial charge is 0.345 e. The monoisotopic (exact) mass is 487 g/mol. The van der Waals surface area contributed by atoms with Crippen LogP contribution < -0.4 is 5.32 Å². The van der Waals surface area contributed by atoms with Gasteiger partial charge in [0.1, 0.15) is 11.6 Å². The third kappa shape index (κ3) is 4.87. The SMILES string of the molecule is Cc1c(/C=C(\C#N)C(=O)N[C@@H](C)c2ccccc2)c2ccccc2n1Cc1ccc(Cl)cc1Cl. The van der Waals surface area contributed by atoms with E-state index >= 15 is 0 Å². The third-order valence-electron chi connectivity index (χ3n) is 5.92. The number of halogens is 2. The number of hydrogen-bond acceptors (Lipinski definition) is 2. The Morgan fingerprint density at radius 2 is 1.79 bits per heavy atom. The van der Waals surface area contributed by atoms with Crippen LogP contribution in [0.5, 0.6) is 0 Å². The molecular weight excluding hydrogens is 465 g/mol. The summed E-state index contributed by atoms with van der Waals surface area (Å²) in [6, 6.07) is 24.9. The average molecular weight is 488 g/mol. The van der Waals surface area contributed by atoms with Crippen molar-refractivity contribution in [2.24, 2.45) is 0 Å². The van der Waals surface area contributed by atoms with E-state index in [2.05, 4.69) is 16.0 Å². The van der Waals surface area contributed by atoms with E-state index < -0.39 is 5.91 Å². The Kier molecular flexibility index (Phi) is 7.07. The molecule has 1 N–H and O–H groups in total. The van der Waals surface area contributed by atoms with Crippen LogP contribution in [0.3, 0.4) is 0 Å². The summed E-state index contributed by atoms with van der Waals surface area (Å²) < 4.78 is 2.13. The van der Waals surface area contributed by atoms with Crippen molar-refractivity contribution in [2.45, 2.75) is 26.4 Å². The van der Waals surface area contributed by atoms with E-state index in [0.29, 0.717) is 16.6 Å². The van der Waals surface area contributed by atoms with E-state index in [1.54, 1.807) is 12.1 Å². The van der Waals surface area contributed by atoms with Crippen molar-refractivity contribution in [2.75, 3.05) is 0 Å². The number of hydrogen-bond donors (Lipinski definition) is 1. The van der Waals surface area contributed by atoms with Gasteiger partial charge in [-0.1, -0.05) is 77.8 Å². The summed E-state index contributed by atoms with van der Waals surface area (Å²) >= 11 is 12.5. The van der Waals surface area contributed by atoms with Crippen LogP contribution in [0.4, 0.5) is 0 Å². The van der Waals surface area contributed by atoms with Gasteiger partial charge in [0.05, 0.1) is 6.04 Å². The highest BCUT2D eigenvalue weighted by atomic mass is 35.5. The van der Waals surface area contributed by atoms with E-state index in [0.717, 1.165) is 33.3 Å². The summed E-state index contributed by atoms with van der Waals surface area (Å²) in [5.74, 6) is -0.407. The van der Waals surface area contributed by atoms with Gasteiger partial charge in [-0.3, -0.25) is 4.79 Å². The predicted octanol–water partition coefficient (Wildman–Crippen LogP) is 7.09. The highest BCUT2D eigenvalue weighted by molar-refractivity contribution is 6.35. The molecule has 6 heteroatoms. The van der Waals surface area contributed by atoms with Crippen LogP contribution >= 0.6 is 23.2 Å². The van der Waals surface area contributed by atoms with Gasteiger partial charge in [-0.2, -0.15) is 5.26 Å². The molecule has 0 saturated heterocycles. The lowest BCUT2D eigenvalue weighted by Crippen LogP contribution is -2.27. The van der Waals surface area contributed by atoms with Crippen molar-refractivity contribution in [3.8, 4) is 6.07 Å². The van der Waals surface area contributed by atoms with Crippen LogP contribution in [0.25, 0.3) is 17.0 Å². The van der Waals surface area contributed by atoms with Crippen molar-refractivity contribution in [1.29, 1.82) is 5.26 Å². The molecule has 4 nitrogen and oxygen atoms in total. The van der Waals surface area contributed by atoms with Gasteiger partial charge in [0.25, 0.3) is 5.91 Å². The van der Waals surface area contributed by atoms with Crippen molar-refractivity contribution in [3.05, 3.63) is 111 Å². The van der Waals surface area contributed by atoms with Gasteiger partial charge in [0.15, 0.2) is 0 Å². The van der Waals surface area contributed by atoms with Gasteiger partial charge in [0, 0.05) is 38.8 Å². The summed E-state index contributed by atoms with van der Waals surface area (Å²) in [6.45, 7) is 4.42. The lowest BCUT2D eigenvalue weighted by molar-refractivity contribution is -0.117. The third-order valence-corrected chi connectivity index (χ3v) is 6.51. The van der Waals surface area contributed by atoms with Gasteiger partial charge in [0.2, 0.25) is 0 Å². The first-order valence-electron chi connectivity index (χ1n) is 10.9. The van der Waals surface area contributed by atoms with Crippen LogP contribution in [0.2, 0.25) is 10.0 Å². The molecular formula is C28H23Cl2N3O. The normalized spacial score (nSPS) is 12.4. The van der Waals surface area contributed by atoms with E-state index in [1.807, 2.05) is 80.6 Å². The molecule has 34 heavy (non-hydrogen) atoms. The van der Waals surface area contributed by atoms with E-state index in [4.69, 9.17) is 23.2 Å². The minimum absolute atomic E-state index is 0.0540. The fraction of sp³-hybridized carbons (Fsp3) is 0.143. The first-order chi connectivity index (χ1) is 16.4. The standard InChI is InChI=1S/C28H23Cl2N3O/c1-18(20-8-4-3-5-9-20)32-28(34)22(16-31)14-25-19(2)33(27-11-7-6-10-24(25)27)17-21-12-13-23(29)15-26(21)30/h3-15,18H,17H2,1-2H3,(H,32,34)/b22-14+/t18-/m0/s1. The zero-order chi connectivity index (χ0) is 24.2. The average Bonchev–Trinajstić information content (AvgIpc) is 3.10. The molecule has 170 valence electrons. The predicted molar refractivity (Wildman–Crippen MR) is 139 cm³/mol. The molecule has 0 spiro atoms. The number of rotatable bonds is 6. The minimum atomic E-state index is -0.407. The summed E-state index contributed by atoms with van der Waals surface area (Å²) in [5, 5.41) is 14.9. The number of amides is 1. The molecule has 1 amide bonds. The van der Waals surface area contributed by atoms with Crippen molar-refractivity contribution < 1.29 is 4.79 Å². The molecule has 3 aromatic carbocycles. The number of fused-ring (bicyclic) bond motifs is 1. The number of benzene rings is 3. The molecule has 0 aliphatic carbocycles. The second kappa shape index (κ2) is 10.2. The zero-order valence-corrected chi connectivity index (χ0v) is 20.4. The summed E-state index contributed by atoms with van der Waals surface area (Å²) in [7, 11) is 0. The fourth-order valence-electron chi connectivity index (χ4n) is 4.06. The molecule has 0 aliphatic rings. The highest BCUT2D eigenvalue weighted by Crippen LogP contribution is 2.30. The second-order valence-electron chi connectivity index (χ2n) is 8.11. The van der Waals surface area contributed by atoms with Gasteiger partial charge in [-0.25, -0.2) is 0 Å². The van der Waals surface area contributed by atoms with Crippen LogP contribution in [-0.2, 0) is 11.3 Å². The van der Waals surface area contributed by atoms with Crippen LogP contribution in [0, 0.1) is 18.3 Å². The molecule has 1 atom stereocenters. The molecule has 0 bridgehead atoms. The van der Waals surface area contributed by atoms with Crippen molar-refractivity contribution >= 4 is 46.1 Å². The zero-order valence-electron chi connectivity index (χ0n) is 18.8. The first-order valence-corrected chi connectivity index (χ1v) is 11.6. The quantitative estimate of drug-likeness (QED) is 0.233. The van der Waals surface area contributed by atoms with Gasteiger partial charge in [-0.15, -0.1) is 0 Å². The Hall–Kier alpha value is -3.52. The first kappa shape index (κ1) is 23.6. The van der Waals surface area contributed by atoms with Gasteiger partial charge in [-0.05, 0) is 49.2 Å². The second-order valence-corrected chi connectivity index (χ2v) is 8.96. The molecule has 4 aromatic rings. The van der Waals surface area contributed by atoms with Gasteiger partial charge >= 0.3 is 0 Å². The van der Waals surface area contributed by atoms with E-state index in [-0.39, 0.29) is 11.6 Å². The number of carbonyl (C=O) groups is 1. The van der Waals surface area contributed by atoms with Crippen LogP contribution in [-0.4, -0.2) is 10.5 Å². The fourth-order valence-corrected chi connectivity index (χ4v) is 4.52. The Morgan fingerprint density at radius 3 is 2.50 bits per heavy atom. The molecule has 0 fully saturated rings. The Bertz CT molecular complexity index is 1430. The van der Waals surface area contributed by atoms with E-state index in [9.17, 15) is 10.1 Å². The van der Waals surface area contributed by atoms with Crippen molar-refractivity contribution in [3.63, 3.8) is 0 Å². The van der Waals surface area contributed by atoms with E-state index in [1.165, 1.54) is 0 Å². The number of aromatic nitrogens is 1. The molecule has 1 aromatic heterocycles. The Balaban J connectivity index is 1.71. The van der Waals surface area contributed by atoms with Gasteiger partial charge < -0.3 is 9.88 Å². The summed E-state index contributed by atoms with van der Waals surface area (Å²) in [5.41, 5.74) is 4.72. The summed E-state index contributed by atoms with van der Waals surface area (Å²) in [4.78, 5) is 12.9. The Labute approximate surface area is 209 Å². The smallest absolute Gasteiger partial charge is 0.262 e. The molecule has 0 unspecified atom stereocenters. The Morgan fingerprint density at radius 1 is 1.09 bits per heavy atom. The molecule has 1 heterocycles. The maximum absolute atomic E-state index is 12.9. The number of nitrogens with one attached hydrogen (secondary N) is 1.